The van der Waals surface area contributed by atoms with E-state index in [1.54, 1.807) is 19.3 Å². The van der Waals surface area contributed by atoms with E-state index in [0.717, 1.165) is 36.1 Å². The highest BCUT2D eigenvalue weighted by Gasteiger charge is 2.11. The molecular formula is C19H26N6O2. The highest BCUT2D eigenvalue weighted by molar-refractivity contribution is 5.76. The van der Waals surface area contributed by atoms with E-state index < -0.39 is 0 Å². The minimum atomic E-state index is -0.316. The maximum atomic E-state index is 11.5. The zero-order chi connectivity index (χ0) is 19.2. The van der Waals surface area contributed by atoms with E-state index in [2.05, 4.69) is 45.0 Å². The van der Waals surface area contributed by atoms with Gasteiger partial charge in [0, 0.05) is 30.5 Å². The number of hydrogen-bond donors (Lipinski definition) is 1. The molecule has 3 aromatic rings. The van der Waals surface area contributed by atoms with Crippen molar-refractivity contribution >= 4 is 28.6 Å². The first-order valence-corrected chi connectivity index (χ1v) is 9.39. The summed E-state index contributed by atoms with van der Waals surface area (Å²) in [4.78, 5) is 20.6. The zero-order valence-corrected chi connectivity index (χ0v) is 16.1. The first-order chi connectivity index (χ1) is 13.1. The summed E-state index contributed by atoms with van der Waals surface area (Å²) in [7, 11) is 0. The number of fused-ring (bicyclic) bond motifs is 1. The number of anilines is 2. The van der Waals surface area contributed by atoms with Gasteiger partial charge in [0.15, 0.2) is 0 Å². The van der Waals surface area contributed by atoms with Gasteiger partial charge < -0.3 is 14.6 Å². The van der Waals surface area contributed by atoms with Crippen molar-refractivity contribution in [2.75, 3.05) is 11.9 Å². The fourth-order valence-corrected chi connectivity index (χ4v) is 2.99. The molecule has 0 aromatic carbocycles. The SMILES string of the molecule is CCOC(=O)Cn1cc(Nc2ncc3ccn(CC(CC)CC)c3n2)cn1. The van der Waals surface area contributed by atoms with Crippen molar-refractivity contribution in [1.82, 2.24) is 24.3 Å². The number of carbonyl (C=O) groups excluding carboxylic acids is 1. The minimum absolute atomic E-state index is 0.0771. The average molecular weight is 370 g/mol. The molecule has 0 saturated heterocycles. The fraction of sp³-hybridized carbons (Fsp3) is 0.474. The molecule has 0 radical (unpaired) electrons. The monoisotopic (exact) mass is 370 g/mol. The number of nitrogens with one attached hydrogen (secondary N) is 1. The number of esters is 1. The molecule has 0 aliphatic rings. The lowest BCUT2D eigenvalue weighted by Crippen LogP contribution is -2.13. The van der Waals surface area contributed by atoms with E-state index in [4.69, 9.17) is 4.74 Å². The van der Waals surface area contributed by atoms with Crippen LogP contribution in [0.3, 0.4) is 0 Å². The standard InChI is InChI=1S/C19H26N6O2/c1-4-14(5-2)11-24-8-7-15-9-20-19(23-18(15)24)22-16-10-21-25(12-16)13-17(26)27-6-3/h7-10,12,14H,4-6,11,13H2,1-3H3,(H,20,22,23). The molecular weight excluding hydrogens is 344 g/mol. The number of hydrogen-bond acceptors (Lipinski definition) is 6. The summed E-state index contributed by atoms with van der Waals surface area (Å²) in [6, 6.07) is 2.04. The Bertz CT molecular complexity index is 897. The smallest absolute Gasteiger partial charge is 0.327 e. The fourth-order valence-electron chi connectivity index (χ4n) is 2.99. The molecule has 0 unspecified atom stereocenters. The van der Waals surface area contributed by atoms with Gasteiger partial charge >= 0.3 is 5.97 Å². The predicted octanol–water partition coefficient (Wildman–Crippen LogP) is 3.37. The minimum Gasteiger partial charge on any atom is -0.465 e. The number of aromatic nitrogens is 5. The van der Waals surface area contributed by atoms with Crippen molar-refractivity contribution < 1.29 is 9.53 Å². The van der Waals surface area contributed by atoms with Crippen molar-refractivity contribution in [2.45, 2.75) is 46.7 Å². The van der Waals surface area contributed by atoms with Gasteiger partial charge in [0.2, 0.25) is 5.95 Å². The Morgan fingerprint density at radius 2 is 2.07 bits per heavy atom. The Hall–Kier alpha value is -2.90. The molecule has 0 aliphatic carbocycles. The van der Waals surface area contributed by atoms with Gasteiger partial charge in [-0.15, -0.1) is 0 Å². The summed E-state index contributed by atoms with van der Waals surface area (Å²) in [6.45, 7) is 7.60. The van der Waals surface area contributed by atoms with Crippen LogP contribution in [-0.2, 0) is 22.6 Å². The van der Waals surface area contributed by atoms with Gasteiger partial charge in [-0.25, -0.2) is 4.98 Å². The molecule has 3 heterocycles. The highest BCUT2D eigenvalue weighted by Crippen LogP contribution is 2.20. The lowest BCUT2D eigenvalue weighted by atomic mass is 10.0. The number of ether oxygens (including phenoxy) is 1. The van der Waals surface area contributed by atoms with E-state index in [-0.39, 0.29) is 12.5 Å². The van der Waals surface area contributed by atoms with Crippen LogP contribution in [0.25, 0.3) is 11.0 Å². The summed E-state index contributed by atoms with van der Waals surface area (Å²) in [6.07, 6.45) is 9.54. The Morgan fingerprint density at radius 3 is 2.81 bits per heavy atom. The molecule has 0 amide bonds. The van der Waals surface area contributed by atoms with Crippen LogP contribution in [0.4, 0.5) is 11.6 Å². The molecule has 27 heavy (non-hydrogen) atoms. The molecule has 0 saturated carbocycles. The van der Waals surface area contributed by atoms with Crippen molar-refractivity contribution in [3.63, 3.8) is 0 Å². The lowest BCUT2D eigenvalue weighted by Gasteiger charge is -2.14. The maximum absolute atomic E-state index is 11.5. The van der Waals surface area contributed by atoms with Crippen LogP contribution in [-0.4, -0.2) is 36.9 Å². The number of rotatable bonds is 9. The number of carbonyl (C=O) groups is 1. The van der Waals surface area contributed by atoms with E-state index in [0.29, 0.717) is 18.5 Å². The van der Waals surface area contributed by atoms with Crippen molar-refractivity contribution in [3.8, 4) is 0 Å². The van der Waals surface area contributed by atoms with Gasteiger partial charge in [-0.2, -0.15) is 10.1 Å². The van der Waals surface area contributed by atoms with Crippen molar-refractivity contribution in [2.24, 2.45) is 5.92 Å². The van der Waals surface area contributed by atoms with Crippen molar-refractivity contribution in [3.05, 3.63) is 30.9 Å². The second kappa shape index (κ2) is 8.66. The summed E-state index contributed by atoms with van der Waals surface area (Å²) in [5.41, 5.74) is 1.63. The summed E-state index contributed by atoms with van der Waals surface area (Å²) >= 11 is 0. The summed E-state index contributed by atoms with van der Waals surface area (Å²) in [5, 5.41) is 8.33. The van der Waals surface area contributed by atoms with E-state index >= 15 is 0 Å². The Kier molecular flexibility index (Phi) is 6.05. The Labute approximate surface area is 158 Å². The third-order valence-corrected chi connectivity index (χ3v) is 4.60. The average Bonchev–Trinajstić information content (AvgIpc) is 3.26. The van der Waals surface area contributed by atoms with E-state index in [1.807, 2.05) is 12.3 Å². The van der Waals surface area contributed by atoms with Crippen molar-refractivity contribution in [1.29, 1.82) is 0 Å². The van der Waals surface area contributed by atoms with Gasteiger partial charge in [0.1, 0.15) is 12.2 Å². The van der Waals surface area contributed by atoms with Gasteiger partial charge in [-0.05, 0) is 18.9 Å². The molecule has 8 heteroatoms. The van der Waals surface area contributed by atoms with Crippen LogP contribution in [0, 0.1) is 5.92 Å². The molecule has 3 aromatic heterocycles. The predicted molar refractivity (Wildman–Crippen MR) is 104 cm³/mol. The first kappa shape index (κ1) is 18.9. The molecule has 144 valence electrons. The van der Waals surface area contributed by atoms with Crippen LogP contribution in [0.1, 0.15) is 33.6 Å². The zero-order valence-electron chi connectivity index (χ0n) is 16.1. The second-order valence-corrected chi connectivity index (χ2v) is 6.48. The first-order valence-electron chi connectivity index (χ1n) is 9.39. The van der Waals surface area contributed by atoms with Gasteiger partial charge in [0.25, 0.3) is 0 Å². The van der Waals surface area contributed by atoms with Gasteiger partial charge in [-0.3, -0.25) is 9.48 Å². The molecule has 0 spiro atoms. The van der Waals surface area contributed by atoms with Crippen LogP contribution in [0.2, 0.25) is 0 Å². The molecule has 1 N–H and O–H groups in total. The van der Waals surface area contributed by atoms with E-state index in [9.17, 15) is 4.79 Å². The third-order valence-electron chi connectivity index (χ3n) is 4.60. The van der Waals surface area contributed by atoms with Crippen LogP contribution in [0.15, 0.2) is 30.9 Å². The summed E-state index contributed by atoms with van der Waals surface area (Å²) in [5.74, 6) is 0.819. The molecule has 0 aliphatic heterocycles. The normalized spacial score (nSPS) is 11.3. The maximum Gasteiger partial charge on any atom is 0.327 e. The molecule has 0 fully saturated rings. The van der Waals surface area contributed by atoms with Gasteiger partial charge in [0.05, 0.1) is 18.5 Å². The molecule has 0 bridgehead atoms. The van der Waals surface area contributed by atoms with Crippen LogP contribution in [0.5, 0.6) is 0 Å². The summed E-state index contributed by atoms with van der Waals surface area (Å²) < 4.78 is 8.64. The third kappa shape index (κ3) is 4.64. The Balaban J connectivity index is 1.74. The molecule has 3 rings (SSSR count). The Morgan fingerprint density at radius 1 is 1.26 bits per heavy atom. The van der Waals surface area contributed by atoms with Gasteiger partial charge in [-0.1, -0.05) is 26.7 Å². The molecule has 0 atom stereocenters. The van der Waals surface area contributed by atoms with Crippen LogP contribution >= 0.6 is 0 Å². The topological polar surface area (TPSA) is 86.9 Å². The number of nitrogens with zero attached hydrogens (tertiary/aromatic N) is 5. The molecule has 8 nitrogen and oxygen atoms in total. The van der Waals surface area contributed by atoms with Crippen LogP contribution < -0.4 is 5.32 Å². The highest BCUT2D eigenvalue weighted by atomic mass is 16.5. The quantitative estimate of drug-likeness (QED) is 0.581. The second-order valence-electron chi connectivity index (χ2n) is 6.48. The lowest BCUT2D eigenvalue weighted by molar-refractivity contribution is -0.144. The van der Waals surface area contributed by atoms with E-state index in [1.165, 1.54) is 4.68 Å². The largest absolute Gasteiger partial charge is 0.465 e.